The fourth-order valence-corrected chi connectivity index (χ4v) is 3.52. The number of nitrogens with one attached hydrogen (secondary N) is 1. The number of rotatable bonds is 5. The Balaban J connectivity index is 2.06. The SMILES string of the molecule is CCNC(c1cncc(F)c1)C1CCC(C(C)C)CC1. The quantitative estimate of drug-likeness (QED) is 0.867. The molecule has 1 fully saturated rings. The van der Waals surface area contributed by atoms with Crippen molar-refractivity contribution < 1.29 is 4.39 Å². The lowest BCUT2D eigenvalue weighted by molar-refractivity contribution is 0.189. The van der Waals surface area contributed by atoms with Gasteiger partial charge in [-0.2, -0.15) is 0 Å². The first kappa shape index (κ1) is 15.4. The van der Waals surface area contributed by atoms with Gasteiger partial charge in [0.25, 0.3) is 0 Å². The predicted molar refractivity (Wildman–Crippen MR) is 80.9 cm³/mol. The van der Waals surface area contributed by atoms with Gasteiger partial charge in [0.15, 0.2) is 0 Å². The molecule has 1 aromatic rings. The molecule has 20 heavy (non-hydrogen) atoms. The van der Waals surface area contributed by atoms with E-state index in [1.807, 2.05) is 6.20 Å². The van der Waals surface area contributed by atoms with Crippen molar-refractivity contribution >= 4 is 0 Å². The van der Waals surface area contributed by atoms with Gasteiger partial charge in [0.05, 0.1) is 6.20 Å². The monoisotopic (exact) mass is 278 g/mol. The molecule has 1 atom stereocenters. The van der Waals surface area contributed by atoms with Gasteiger partial charge in [-0.1, -0.05) is 20.8 Å². The summed E-state index contributed by atoms with van der Waals surface area (Å²) in [5.41, 5.74) is 1.000. The molecule has 0 aromatic carbocycles. The maximum atomic E-state index is 13.4. The minimum Gasteiger partial charge on any atom is -0.310 e. The molecule has 1 unspecified atom stereocenters. The zero-order valence-electron chi connectivity index (χ0n) is 12.9. The molecule has 1 aromatic heterocycles. The smallest absolute Gasteiger partial charge is 0.141 e. The fourth-order valence-electron chi connectivity index (χ4n) is 3.52. The summed E-state index contributed by atoms with van der Waals surface area (Å²) in [6.45, 7) is 7.66. The van der Waals surface area contributed by atoms with E-state index >= 15 is 0 Å². The second kappa shape index (κ2) is 7.16. The van der Waals surface area contributed by atoms with Crippen LogP contribution >= 0.6 is 0 Å². The molecule has 0 radical (unpaired) electrons. The first-order chi connectivity index (χ1) is 9.61. The maximum Gasteiger partial charge on any atom is 0.141 e. The van der Waals surface area contributed by atoms with Crippen molar-refractivity contribution in [3.63, 3.8) is 0 Å². The lowest BCUT2D eigenvalue weighted by Crippen LogP contribution is -2.32. The van der Waals surface area contributed by atoms with Crippen LogP contribution in [0.2, 0.25) is 0 Å². The largest absolute Gasteiger partial charge is 0.310 e. The Morgan fingerprint density at radius 3 is 2.40 bits per heavy atom. The third-order valence-corrected chi connectivity index (χ3v) is 4.74. The molecular weight excluding hydrogens is 251 g/mol. The van der Waals surface area contributed by atoms with E-state index in [0.29, 0.717) is 5.92 Å². The number of aromatic nitrogens is 1. The Morgan fingerprint density at radius 2 is 1.85 bits per heavy atom. The van der Waals surface area contributed by atoms with Crippen LogP contribution in [0.15, 0.2) is 18.5 Å². The van der Waals surface area contributed by atoms with Crippen molar-refractivity contribution in [2.24, 2.45) is 17.8 Å². The molecule has 0 saturated heterocycles. The third-order valence-electron chi connectivity index (χ3n) is 4.74. The van der Waals surface area contributed by atoms with E-state index < -0.39 is 0 Å². The summed E-state index contributed by atoms with van der Waals surface area (Å²) in [6.07, 6.45) is 8.15. The number of hydrogen-bond acceptors (Lipinski definition) is 2. The molecule has 1 saturated carbocycles. The Hall–Kier alpha value is -0.960. The Labute approximate surface area is 122 Å². The average Bonchev–Trinajstić information content (AvgIpc) is 2.45. The van der Waals surface area contributed by atoms with Crippen LogP contribution in [0.3, 0.4) is 0 Å². The minimum absolute atomic E-state index is 0.235. The minimum atomic E-state index is -0.235. The molecule has 1 N–H and O–H groups in total. The Kier molecular flexibility index (Phi) is 5.53. The molecule has 0 amide bonds. The van der Waals surface area contributed by atoms with E-state index in [1.54, 1.807) is 6.07 Å². The summed E-state index contributed by atoms with van der Waals surface area (Å²) < 4.78 is 13.4. The van der Waals surface area contributed by atoms with Gasteiger partial charge in [-0.15, -0.1) is 0 Å². The Morgan fingerprint density at radius 1 is 1.20 bits per heavy atom. The van der Waals surface area contributed by atoms with Crippen LogP contribution in [0.4, 0.5) is 4.39 Å². The summed E-state index contributed by atoms with van der Waals surface area (Å²) in [4.78, 5) is 4.01. The van der Waals surface area contributed by atoms with Crippen molar-refractivity contribution in [2.75, 3.05) is 6.54 Å². The predicted octanol–water partition coefficient (Wildman–Crippen LogP) is 4.33. The molecule has 1 aliphatic rings. The third kappa shape index (κ3) is 3.78. The van der Waals surface area contributed by atoms with Crippen molar-refractivity contribution in [1.82, 2.24) is 10.3 Å². The first-order valence-electron chi connectivity index (χ1n) is 7.95. The van der Waals surface area contributed by atoms with Gasteiger partial charge in [0.1, 0.15) is 5.82 Å². The molecule has 1 heterocycles. The number of hydrogen-bond donors (Lipinski definition) is 1. The van der Waals surface area contributed by atoms with E-state index in [-0.39, 0.29) is 11.9 Å². The van der Waals surface area contributed by atoms with E-state index in [9.17, 15) is 4.39 Å². The highest BCUT2D eigenvalue weighted by atomic mass is 19.1. The zero-order valence-corrected chi connectivity index (χ0v) is 12.9. The van der Waals surface area contributed by atoms with Gasteiger partial charge in [0.2, 0.25) is 0 Å². The first-order valence-corrected chi connectivity index (χ1v) is 7.95. The molecule has 0 bridgehead atoms. The molecule has 112 valence electrons. The molecule has 3 heteroatoms. The van der Waals surface area contributed by atoms with Gasteiger partial charge in [-0.25, -0.2) is 4.39 Å². The fraction of sp³-hybridized carbons (Fsp3) is 0.706. The lowest BCUT2D eigenvalue weighted by atomic mass is 9.73. The van der Waals surface area contributed by atoms with Crippen LogP contribution in [0.1, 0.15) is 58.1 Å². The highest BCUT2D eigenvalue weighted by molar-refractivity contribution is 5.16. The molecule has 0 aliphatic heterocycles. The van der Waals surface area contributed by atoms with Crippen LogP contribution in [0.5, 0.6) is 0 Å². The van der Waals surface area contributed by atoms with Crippen molar-refractivity contribution in [2.45, 2.75) is 52.5 Å². The second-order valence-electron chi connectivity index (χ2n) is 6.39. The normalized spacial score (nSPS) is 24.9. The van der Waals surface area contributed by atoms with Crippen LogP contribution in [0.25, 0.3) is 0 Å². The summed E-state index contributed by atoms with van der Waals surface area (Å²) in [7, 11) is 0. The van der Waals surface area contributed by atoms with Crippen molar-refractivity contribution in [3.8, 4) is 0 Å². The van der Waals surface area contributed by atoms with Crippen molar-refractivity contribution in [3.05, 3.63) is 29.8 Å². The standard InChI is InChI=1S/C17H27FN2/c1-4-20-17(15-9-16(18)11-19-10-15)14-7-5-13(6-8-14)12(2)3/h9-14,17,20H,4-8H2,1-3H3. The summed E-state index contributed by atoms with van der Waals surface area (Å²) >= 11 is 0. The molecular formula is C17H27FN2. The van der Waals surface area contributed by atoms with Gasteiger partial charge < -0.3 is 5.32 Å². The topological polar surface area (TPSA) is 24.9 Å². The molecule has 2 rings (SSSR count). The summed E-state index contributed by atoms with van der Waals surface area (Å²) in [6, 6.07) is 1.88. The van der Waals surface area contributed by atoms with Crippen LogP contribution in [-0.4, -0.2) is 11.5 Å². The number of pyridine rings is 1. The van der Waals surface area contributed by atoms with Gasteiger partial charge in [-0.3, -0.25) is 4.98 Å². The van der Waals surface area contributed by atoms with Gasteiger partial charge in [0, 0.05) is 12.2 Å². The maximum absolute atomic E-state index is 13.4. The summed E-state index contributed by atoms with van der Waals surface area (Å²) in [5, 5.41) is 3.53. The van der Waals surface area contributed by atoms with E-state index in [0.717, 1.165) is 23.9 Å². The van der Waals surface area contributed by atoms with Crippen LogP contribution in [-0.2, 0) is 0 Å². The van der Waals surface area contributed by atoms with E-state index in [2.05, 4.69) is 31.1 Å². The van der Waals surface area contributed by atoms with Gasteiger partial charge in [-0.05, 0) is 61.6 Å². The second-order valence-corrected chi connectivity index (χ2v) is 6.39. The zero-order chi connectivity index (χ0) is 14.5. The lowest BCUT2D eigenvalue weighted by Gasteiger charge is -2.36. The highest BCUT2D eigenvalue weighted by Gasteiger charge is 2.29. The number of halogens is 1. The molecule has 0 spiro atoms. The van der Waals surface area contributed by atoms with Crippen molar-refractivity contribution in [1.29, 1.82) is 0 Å². The van der Waals surface area contributed by atoms with Crippen LogP contribution < -0.4 is 5.32 Å². The average molecular weight is 278 g/mol. The highest BCUT2D eigenvalue weighted by Crippen LogP contribution is 2.39. The summed E-state index contributed by atoms with van der Waals surface area (Å²) in [5.74, 6) is 2.01. The van der Waals surface area contributed by atoms with Gasteiger partial charge >= 0.3 is 0 Å². The Bertz CT molecular complexity index is 411. The molecule has 1 aliphatic carbocycles. The number of nitrogens with zero attached hydrogens (tertiary/aromatic N) is 1. The van der Waals surface area contributed by atoms with E-state index in [1.165, 1.54) is 31.9 Å². The van der Waals surface area contributed by atoms with Crippen LogP contribution in [0, 0.1) is 23.6 Å². The molecule has 2 nitrogen and oxygen atoms in total. The van der Waals surface area contributed by atoms with E-state index in [4.69, 9.17) is 0 Å².